The van der Waals surface area contributed by atoms with Gasteiger partial charge in [0, 0.05) is 6.42 Å². The van der Waals surface area contributed by atoms with Crippen LogP contribution in [0.1, 0.15) is 25.6 Å². The molecule has 0 aliphatic heterocycles. The third kappa shape index (κ3) is 3.70. The maximum absolute atomic E-state index is 5.58. The van der Waals surface area contributed by atoms with E-state index in [1.807, 2.05) is 17.5 Å². The van der Waals surface area contributed by atoms with E-state index in [4.69, 9.17) is 8.94 Å². The molecule has 8 heteroatoms. The highest BCUT2D eigenvalue weighted by Crippen LogP contribution is 2.27. The van der Waals surface area contributed by atoms with Gasteiger partial charge in [0.1, 0.15) is 0 Å². The highest BCUT2D eigenvalue weighted by Gasteiger charge is 2.13. The summed E-state index contributed by atoms with van der Waals surface area (Å²) in [5, 5.41) is 14.5. The number of hydrogen-bond donors (Lipinski definition) is 0. The van der Waals surface area contributed by atoms with Gasteiger partial charge in [-0.25, -0.2) is 0 Å². The van der Waals surface area contributed by atoms with Crippen LogP contribution in [0, 0.1) is 5.92 Å². The minimum absolute atomic E-state index is 0.502. The van der Waals surface area contributed by atoms with Crippen LogP contribution in [0.5, 0.6) is 0 Å². The SMILES string of the molecule is CC(C)Cc1noc(CSc2nnc(-c3cccs3)o2)n1. The molecule has 0 aliphatic carbocycles. The van der Waals surface area contributed by atoms with Gasteiger partial charge in [-0.15, -0.1) is 21.5 Å². The fourth-order valence-electron chi connectivity index (χ4n) is 1.69. The van der Waals surface area contributed by atoms with E-state index in [0.29, 0.717) is 28.7 Å². The zero-order valence-corrected chi connectivity index (χ0v) is 13.3. The van der Waals surface area contributed by atoms with E-state index in [1.165, 1.54) is 11.8 Å². The Morgan fingerprint density at radius 1 is 1.33 bits per heavy atom. The summed E-state index contributed by atoms with van der Waals surface area (Å²) in [6.45, 7) is 4.24. The first-order valence-electron chi connectivity index (χ1n) is 6.52. The Morgan fingerprint density at radius 2 is 2.24 bits per heavy atom. The van der Waals surface area contributed by atoms with Gasteiger partial charge in [0.25, 0.3) is 11.1 Å². The quantitative estimate of drug-likeness (QED) is 0.641. The Labute approximate surface area is 130 Å². The molecule has 3 aromatic heterocycles. The summed E-state index contributed by atoms with van der Waals surface area (Å²) in [5.74, 6) is 2.89. The van der Waals surface area contributed by atoms with Crippen molar-refractivity contribution in [2.75, 3.05) is 0 Å². The van der Waals surface area contributed by atoms with Crippen molar-refractivity contribution in [2.45, 2.75) is 31.2 Å². The molecule has 0 radical (unpaired) electrons. The standard InChI is InChI=1S/C13H14N4O2S2/c1-8(2)6-10-14-11(19-17-10)7-21-13-16-15-12(18-13)9-4-3-5-20-9/h3-5,8H,6-7H2,1-2H3. The average Bonchev–Trinajstić information content (AvgIpc) is 3.17. The lowest BCUT2D eigenvalue weighted by Gasteiger charge is -1.95. The molecular weight excluding hydrogens is 308 g/mol. The van der Waals surface area contributed by atoms with Crippen LogP contribution >= 0.6 is 23.1 Å². The van der Waals surface area contributed by atoms with E-state index in [2.05, 4.69) is 34.2 Å². The fourth-order valence-corrected chi connectivity index (χ4v) is 2.93. The summed E-state index contributed by atoms with van der Waals surface area (Å²) in [7, 11) is 0. The van der Waals surface area contributed by atoms with Crippen LogP contribution in [0.25, 0.3) is 10.8 Å². The lowest BCUT2D eigenvalue weighted by atomic mass is 10.1. The van der Waals surface area contributed by atoms with Gasteiger partial charge in [-0.1, -0.05) is 36.8 Å². The van der Waals surface area contributed by atoms with E-state index < -0.39 is 0 Å². The molecule has 0 bridgehead atoms. The molecule has 0 aromatic carbocycles. The molecule has 0 saturated carbocycles. The van der Waals surface area contributed by atoms with Crippen molar-refractivity contribution in [3.63, 3.8) is 0 Å². The van der Waals surface area contributed by atoms with Crippen LogP contribution in [0.15, 0.2) is 31.7 Å². The fraction of sp³-hybridized carbons (Fsp3) is 0.385. The summed E-state index contributed by atoms with van der Waals surface area (Å²) in [5.41, 5.74) is 0. The Hall–Kier alpha value is -1.67. The second-order valence-corrected chi connectivity index (χ2v) is 6.72. The van der Waals surface area contributed by atoms with E-state index in [1.54, 1.807) is 11.3 Å². The first kappa shape index (κ1) is 14.3. The van der Waals surface area contributed by atoms with Gasteiger partial charge in [-0.3, -0.25) is 0 Å². The molecule has 21 heavy (non-hydrogen) atoms. The summed E-state index contributed by atoms with van der Waals surface area (Å²) < 4.78 is 10.8. The van der Waals surface area contributed by atoms with E-state index in [9.17, 15) is 0 Å². The Balaban J connectivity index is 1.59. The van der Waals surface area contributed by atoms with Crippen LogP contribution < -0.4 is 0 Å². The molecule has 0 aliphatic rings. The number of thioether (sulfide) groups is 1. The predicted octanol–water partition coefficient (Wildman–Crippen LogP) is 3.67. The highest BCUT2D eigenvalue weighted by molar-refractivity contribution is 7.98. The number of nitrogens with zero attached hydrogens (tertiary/aromatic N) is 4. The molecule has 3 aromatic rings. The van der Waals surface area contributed by atoms with Crippen LogP contribution in [0.2, 0.25) is 0 Å². The number of aromatic nitrogens is 4. The summed E-state index contributed by atoms with van der Waals surface area (Å²) in [6, 6.07) is 3.90. The molecular formula is C13H14N4O2S2. The largest absolute Gasteiger partial charge is 0.410 e. The van der Waals surface area contributed by atoms with E-state index >= 15 is 0 Å². The third-order valence-electron chi connectivity index (χ3n) is 2.56. The normalized spacial score (nSPS) is 11.4. The Morgan fingerprint density at radius 3 is 3.00 bits per heavy atom. The van der Waals surface area contributed by atoms with Crippen LogP contribution in [-0.4, -0.2) is 20.3 Å². The zero-order valence-electron chi connectivity index (χ0n) is 11.6. The lowest BCUT2D eigenvalue weighted by Crippen LogP contribution is -1.96. The minimum Gasteiger partial charge on any atom is -0.410 e. The maximum Gasteiger partial charge on any atom is 0.277 e. The second kappa shape index (κ2) is 6.40. The van der Waals surface area contributed by atoms with Crippen LogP contribution in [0.4, 0.5) is 0 Å². The van der Waals surface area contributed by atoms with Gasteiger partial charge in [-0.2, -0.15) is 4.98 Å². The number of hydrogen-bond acceptors (Lipinski definition) is 8. The molecule has 6 nitrogen and oxygen atoms in total. The minimum atomic E-state index is 0.502. The molecule has 0 amide bonds. The molecule has 0 atom stereocenters. The van der Waals surface area contributed by atoms with Gasteiger partial charge >= 0.3 is 0 Å². The molecule has 0 spiro atoms. The van der Waals surface area contributed by atoms with Gasteiger partial charge in [0.2, 0.25) is 5.89 Å². The second-order valence-electron chi connectivity index (χ2n) is 4.84. The third-order valence-corrected chi connectivity index (χ3v) is 4.22. The monoisotopic (exact) mass is 322 g/mol. The number of thiophene rings is 1. The summed E-state index contributed by atoms with van der Waals surface area (Å²) in [6.07, 6.45) is 0.817. The van der Waals surface area contributed by atoms with Crippen molar-refractivity contribution < 1.29 is 8.94 Å². The molecule has 3 rings (SSSR count). The summed E-state index contributed by atoms with van der Waals surface area (Å²) >= 11 is 2.96. The molecule has 0 saturated heterocycles. The van der Waals surface area contributed by atoms with Crippen molar-refractivity contribution >= 4 is 23.1 Å². The van der Waals surface area contributed by atoms with Crippen LogP contribution in [-0.2, 0) is 12.2 Å². The van der Waals surface area contributed by atoms with Gasteiger partial charge in [-0.05, 0) is 17.4 Å². The Bertz CT molecular complexity index is 691. The van der Waals surface area contributed by atoms with Crippen molar-refractivity contribution in [2.24, 2.45) is 5.92 Å². The lowest BCUT2D eigenvalue weighted by molar-refractivity contribution is 0.381. The zero-order chi connectivity index (χ0) is 14.7. The first-order valence-corrected chi connectivity index (χ1v) is 8.39. The molecule has 0 unspecified atom stereocenters. The highest BCUT2D eigenvalue weighted by atomic mass is 32.2. The Kier molecular flexibility index (Phi) is 4.35. The van der Waals surface area contributed by atoms with Gasteiger partial charge in [0.05, 0.1) is 10.6 Å². The van der Waals surface area contributed by atoms with Crippen molar-refractivity contribution in [1.82, 2.24) is 20.3 Å². The maximum atomic E-state index is 5.58. The summed E-state index contributed by atoms with van der Waals surface area (Å²) in [4.78, 5) is 5.30. The average molecular weight is 322 g/mol. The molecule has 0 fully saturated rings. The van der Waals surface area contributed by atoms with Crippen molar-refractivity contribution in [3.05, 3.63) is 29.2 Å². The van der Waals surface area contributed by atoms with Crippen molar-refractivity contribution in [1.29, 1.82) is 0 Å². The first-order chi connectivity index (χ1) is 10.2. The van der Waals surface area contributed by atoms with Crippen LogP contribution in [0.3, 0.4) is 0 Å². The van der Waals surface area contributed by atoms with Gasteiger partial charge in [0.15, 0.2) is 5.82 Å². The molecule has 110 valence electrons. The topological polar surface area (TPSA) is 77.8 Å². The molecule has 0 N–H and O–H groups in total. The van der Waals surface area contributed by atoms with Gasteiger partial charge < -0.3 is 8.94 Å². The van der Waals surface area contributed by atoms with E-state index in [-0.39, 0.29) is 0 Å². The molecule has 3 heterocycles. The smallest absolute Gasteiger partial charge is 0.277 e. The predicted molar refractivity (Wildman–Crippen MR) is 80.0 cm³/mol. The number of rotatable bonds is 6. The van der Waals surface area contributed by atoms with Crippen molar-refractivity contribution in [3.8, 4) is 10.8 Å². The van der Waals surface area contributed by atoms with E-state index in [0.717, 1.165) is 17.1 Å².